The minimum absolute atomic E-state index is 0.273. The van der Waals surface area contributed by atoms with Crippen LogP contribution in [0.4, 0.5) is 0 Å². The van der Waals surface area contributed by atoms with Crippen LogP contribution in [0.2, 0.25) is 0 Å². The van der Waals surface area contributed by atoms with Crippen molar-refractivity contribution in [2.45, 2.75) is 76.4 Å². The molecule has 160 valence electrons. The lowest BCUT2D eigenvalue weighted by atomic mass is 9.96. The van der Waals surface area contributed by atoms with Crippen LogP contribution < -0.4 is 0 Å². The van der Waals surface area contributed by atoms with Gasteiger partial charge in [-0.3, -0.25) is 9.69 Å². The molecule has 6 heteroatoms. The van der Waals surface area contributed by atoms with Gasteiger partial charge in [0.05, 0.1) is 6.54 Å². The predicted octanol–water partition coefficient (Wildman–Crippen LogP) is 3.38. The molecular weight excluding hydrogens is 374 g/mol. The number of aromatic nitrogens is 3. The number of piperidine rings is 1. The Balaban J connectivity index is 1.21. The molecule has 1 saturated heterocycles. The van der Waals surface area contributed by atoms with Crippen LogP contribution in [0, 0.1) is 0 Å². The molecule has 5 rings (SSSR count). The summed E-state index contributed by atoms with van der Waals surface area (Å²) in [6.07, 6.45) is 8.98. The Hall–Kier alpha value is -2.21. The highest BCUT2D eigenvalue weighted by Gasteiger charge is 2.32. The lowest BCUT2D eigenvalue weighted by Crippen LogP contribution is -2.42. The minimum Gasteiger partial charge on any atom is -0.342 e. The Kier molecular flexibility index (Phi) is 5.84. The minimum atomic E-state index is 0.273. The predicted molar refractivity (Wildman–Crippen MR) is 116 cm³/mol. The van der Waals surface area contributed by atoms with Crippen LogP contribution in [0.5, 0.6) is 0 Å². The summed E-state index contributed by atoms with van der Waals surface area (Å²) in [5, 5.41) is 9.19. The third kappa shape index (κ3) is 4.15. The fraction of sp³-hybridized carbons (Fsp3) is 0.625. The first-order valence-electron chi connectivity index (χ1n) is 11.8. The molecule has 1 atom stereocenters. The Morgan fingerprint density at radius 1 is 0.967 bits per heavy atom. The molecular formula is C24H33N5O. The van der Waals surface area contributed by atoms with Crippen LogP contribution in [-0.2, 0) is 24.3 Å². The maximum Gasteiger partial charge on any atom is 0.222 e. The summed E-state index contributed by atoms with van der Waals surface area (Å²) >= 11 is 0. The van der Waals surface area contributed by atoms with E-state index in [1.54, 1.807) is 0 Å². The molecule has 2 aromatic rings. The SMILES string of the molecule is O=C(CCc1ccccc1)N1CCC[C@H](c2nnc3n2CCN(C2CCCC2)C3)C1. The highest BCUT2D eigenvalue weighted by Crippen LogP contribution is 2.30. The summed E-state index contributed by atoms with van der Waals surface area (Å²) < 4.78 is 2.36. The number of nitrogens with zero attached hydrogens (tertiary/aromatic N) is 5. The third-order valence-corrected chi connectivity index (χ3v) is 7.26. The lowest BCUT2D eigenvalue weighted by Gasteiger charge is -2.35. The van der Waals surface area contributed by atoms with Crippen molar-refractivity contribution in [1.82, 2.24) is 24.6 Å². The average Bonchev–Trinajstić information content (AvgIpc) is 3.48. The third-order valence-electron chi connectivity index (χ3n) is 7.26. The van der Waals surface area contributed by atoms with Gasteiger partial charge >= 0.3 is 0 Å². The highest BCUT2D eigenvalue weighted by atomic mass is 16.2. The van der Waals surface area contributed by atoms with E-state index in [4.69, 9.17) is 0 Å². The maximum atomic E-state index is 12.8. The first-order valence-corrected chi connectivity index (χ1v) is 11.8. The molecule has 0 unspecified atom stereocenters. The molecule has 2 aliphatic heterocycles. The number of hydrogen-bond donors (Lipinski definition) is 0. The smallest absolute Gasteiger partial charge is 0.222 e. The van der Waals surface area contributed by atoms with Gasteiger partial charge in [0.1, 0.15) is 11.6 Å². The molecule has 30 heavy (non-hydrogen) atoms. The monoisotopic (exact) mass is 407 g/mol. The number of aryl methyl sites for hydroxylation is 1. The van der Waals surface area contributed by atoms with Gasteiger partial charge in [-0.25, -0.2) is 0 Å². The van der Waals surface area contributed by atoms with Crippen molar-refractivity contribution in [2.75, 3.05) is 19.6 Å². The second-order valence-corrected chi connectivity index (χ2v) is 9.20. The molecule has 3 heterocycles. The average molecular weight is 408 g/mol. The Labute approximate surface area is 179 Å². The molecule has 1 aromatic heterocycles. The van der Waals surface area contributed by atoms with Gasteiger partial charge in [0.15, 0.2) is 0 Å². The van der Waals surface area contributed by atoms with Gasteiger partial charge in [-0.05, 0) is 37.7 Å². The standard InChI is InChI=1S/C24H33N5O/c30-23(13-12-19-7-2-1-3-8-19)28-14-6-9-20(17-28)24-26-25-22-18-27(15-16-29(22)24)21-10-4-5-11-21/h1-3,7-8,20-21H,4-6,9-18H2/t20-/m0/s1. The number of carbonyl (C=O) groups excluding carboxylic acids is 1. The van der Waals surface area contributed by atoms with Crippen LogP contribution in [-0.4, -0.2) is 56.1 Å². The van der Waals surface area contributed by atoms with Crippen LogP contribution >= 0.6 is 0 Å². The van der Waals surface area contributed by atoms with Gasteiger partial charge in [0, 0.05) is 44.6 Å². The summed E-state index contributed by atoms with van der Waals surface area (Å²) in [6.45, 7) is 4.70. The Morgan fingerprint density at radius 2 is 1.80 bits per heavy atom. The maximum absolute atomic E-state index is 12.8. The van der Waals surface area contributed by atoms with E-state index in [0.29, 0.717) is 12.3 Å². The number of rotatable bonds is 5. The van der Waals surface area contributed by atoms with Gasteiger partial charge in [-0.2, -0.15) is 0 Å². The lowest BCUT2D eigenvalue weighted by molar-refractivity contribution is -0.132. The van der Waals surface area contributed by atoms with Gasteiger partial charge in [0.2, 0.25) is 5.91 Å². The second kappa shape index (κ2) is 8.88. The van der Waals surface area contributed by atoms with Gasteiger partial charge in [0.25, 0.3) is 0 Å². The summed E-state index contributed by atoms with van der Waals surface area (Å²) in [5.74, 6) is 2.82. The number of likely N-dealkylation sites (tertiary alicyclic amines) is 1. The van der Waals surface area contributed by atoms with E-state index in [2.05, 4.69) is 36.7 Å². The van der Waals surface area contributed by atoms with E-state index in [9.17, 15) is 4.79 Å². The van der Waals surface area contributed by atoms with Crippen molar-refractivity contribution in [3.63, 3.8) is 0 Å². The van der Waals surface area contributed by atoms with Crippen molar-refractivity contribution in [3.05, 3.63) is 47.5 Å². The van der Waals surface area contributed by atoms with Crippen molar-refractivity contribution < 1.29 is 4.79 Å². The van der Waals surface area contributed by atoms with E-state index in [1.807, 2.05) is 18.2 Å². The van der Waals surface area contributed by atoms with Crippen LogP contribution in [0.3, 0.4) is 0 Å². The summed E-state index contributed by atoms with van der Waals surface area (Å²) in [4.78, 5) is 17.5. The molecule has 0 radical (unpaired) electrons. The molecule has 1 saturated carbocycles. The molecule has 0 bridgehead atoms. The van der Waals surface area contributed by atoms with E-state index >= 15 is 0 Å². The zero-order valence-electron chi connectivity index (χ0n) is 17.9. The molecule has 0 spiro atoms. The second-order valence-electron chi connectivity index (χ2n) is 9.20. The molecule has 1 aromatic carbocycles. The van der Waals surface area contributed by atoms with Gasteiger partial charge in [-0.15, -0.1) is 10.2 Å². The molecule has 0 N–H and O–H groups in total. The highest BCUT2D eigenvalue weighted by molar-refractivity contribution is 5.76. The van der Waals surface area contributed by atoms with E-state index in [1.165, 1.54) is 31.2 Å². The number of amides is 1. The van der Waals surface area contributed by atoms with Gasteiger partial charge in [-0.1, -0.05) is 43.2 Å². The van der Waals surface area contributed by atoms with Gasteiger partial charge < -0.3 is 9.47 Å². The summed E-state index contributed by atoms with van der Waals surface area (Å²) in [6, 6.07) is 11.0. The van der Waals surface area contributed by atoms with Crippen LogP contribution in [0.25, 0.3) is 0 Å². The summed E-state index contributed by atoms with van der Waals surface area (Å²) in [7, 11) is 0. The topological polar surface area (TPSA) is 54.3 Å². The number of benzene rings is 1. The van der Waals surface area contributed by atoms with E-state index in [-0.39, 0.29) is 5.91 Å². The Morgan fingerprint density at radius 3 is 2.63 bits per heavy atom. The normalized spacial score (nSPS) is 22.9. The van der Waals surface area contributed by atoms with E-state index in [0.717, 1.165) is 69.7 Å². The molecule has 6 nitrogen and oxygen atoms in total. The van der Waals surface area contributed by atoms with Crippen molar-refractivity contribution in [1.29, 1.82) is 0 Å². The number of fused-ring (bicyclic) bond motifs is 1. The van der Waals surface area contributed by atoms with Crippen molar-refractivity contribution >= 4 is 5.91 Å². The largest absolute Gasteiger partial charge is 0.342 e. The molecule has 3 aliphatic rings. The quantitative estimate of drug-likeness (QED) is 0.763. The molecule has 1 amide bonds. The molecule has 2 fully saturated rings. The van der Waals surface area contributed by atoms with Crippen LogP contribution in [0.15, 0.2) is 30.3 Å². The van der Waals surface area contributed by atoms with Crippen molar-refractivity contribution in [2.24, 2.45) is 0 Å². The number of carbonyl (C=O) groups is 1. The zero-order chi connectivity index (χ0) is 20.3. The van der Waals surface area contributed by atoms with Crippen molar-refractivity contribution in [3.8, 4) is 0 Å². The van der Waals surface area contributed by atoms with Crippen LogP contribution in [0.1, 0.15) is 68.1 Å². The first-order chi connectivity index (χ1) is 14.8. The molecule has 1 aliphatic carbocycles. The Bertz CT molecular complexity index is 858. The van der Waals surface area contributed by atoms with E-state index < -0.39 is 0 Å². The summed E-state index contributed by atoms with van der Waals surface area (Å²) in [5.41, 5.74) is 1.23. The first kappa shape index (κ1) is 19.7. The fourth-order valence-corrected chi connectivity index (χ4v) is 5.55. The zero-order valence-corrected chi connectivity index (χ0v) is 17.9. The fourth-order valence-electron chi connectivity index (χ4n) is 5.55. The number of hydrogen-bond acceptors (Lipinski definition) is 4.